The zero-order valence-electron chi connectivity index (χ0n) is 7.26. The van der Waals surface area contributed by atoms with Gasteiger partial charge in [-0.05, 0) is 11.6 Å². The molecule has 0 heterocycles. The number of ether oxygens (including phenoxy) is 1. The largest absolute Gasteiger partial charge is 0.495 e. The molecule has 0 aliphatic rings. The Hall–Kier alpha value is -0.470. The molecule has 13 heavy (non-hydrogen) atoms. The van der Waals surface area contributed by atoms with Gasteiger partial charge in [0.2, 0.25) is 0 Å². The van der Waals surface area contributed by atoms with E-state index in [0.717, 1.165) is 10.9 Å². The van der Waals surface area contributed by atoms with Crippen molar-refractivity contribution in [2.45, 2.75) is 0 Å². The van der Waals surface area contributed by atoms with Gasteiger partial charge in [0.15, 0.2) is 0 Å². The standard InChI is InChI=1S/C10H10BrClO/c1-13-9-6-2-4-8(10(9)12)5-3-7-11/h2-6H,7H2,1H3. The van der Waals surface area contributed by atoms with Crippen molar-refractivity contribution < 1.29 is 4.74 Å². The minimum absolute atomic E-state index is 0.655. The third-order valence-electron chi connectivity index (χ3n) is 1.60. The van der Waals surface area contributed by atoms with Crippen LogP contribution in [0.5, 0.6) is 5.75 Å². The maximum atomic E-state index is 6.05. The number of alkyl halides is 1. The van der Waals surface area contributed by atoms with E-state index in [2.05, 4.69) is 15.9 Å². The summed E-state index contributed by atoms with van der Waals surface area (Å²) in [5.74, 6) is 0.707. The molecule has 0 N–H and O–H groups in total. The topological polar surface area (TPSA) is 9.23 Å². The van der Waals surface area contributed by atoms with Gasteiger partial charge in [0.1, 0.15) is 5.75 Å². The van der Waals surface area contributed by atoms with Crippen molar-refractivity contribution in [2.24, 2.45) is 0 Å². The lowest BCUT2D eigenvalue weighted by Crippen LogP contribution is -1.85. The first-order valence-electron chi connectivity index (χ1n) is 3.84. The highest BCUT2D eigenvalue weighted by Gasteiger charge is 2.02. The molecule has 0 aliphatic carbocycles. The number of rotatable bonds is 3. The summed E-state index contributed by atoms with van der Waals surface area (Å²) in [6.45, 7) is 0. The van der Waals surface area contributed by atoms with Crippen LogP contribution in [0, 0.1) is 0 Å². The molecule has 1 nitrogen and oxygen atoms in total. The molecule has 0 fully saturated rings. The number of benzene rings is 1. The van der Waals surface area contributed by atoms with Crippen LogP contribution in [0.2, 0.25) is 5.02 Å². The lowest BCUT2D eigenvalue weighted by molar-refractivity contribution is 0.415. The lowest BCUT2D eigenvalue weighted by Gasteiger charge is -2.04. The first-order chi connectivity index (χ1) is 6.29. The summed E-state index contributed by atoms with van der Waals surface area (Å²) in [6.07, 6.45) is 3.94. The molecule has 1 aromatic carbocycles. The van der Waals surface area contributed by atoms with E-state index in [-0.39, 0.29) is 0 Å². The van der Waals surface area contributed by atoms with E-state index in [0.29, 0.717) is 10.8 Å². The monoisotopic (exact) mass is 260 g/mol. The summed E-state index contributed by atoms with van der Waals surface area (Å²) in [5, 5.41) is 1.47. The second-order valence-electron chi connectivity index (χ2n) is 2.42. The van der Waals surface area contributed by atoms with Crippen LogP contribution in [0.3, 0.4) is 0 Å². The molecule has 0 radical (unpaired) electrons. The van der Waals surface area contributed by atoms with Crippen LogP contribution in [0.15, 0.2) is 24.3 Å². The van der Waals surface area contributed by atoms with E-state index in [1.165, 1.54) is 0 Å². The van der Waals surface area contributed by atoms with Gasteiger partial charge in [0.05, 0.1) is 12.1 Å². The molecule has 0 atom stereocenters. The van der Waals surface area contributed by atoms with Gasteiger partial charge in [-0.25, -0.2) is 0 Å². The highest BCUT2D eigenvalue weighted by Crippen LogP contribution is 2.28. The number of hydrogen-bond donors (Lipinski definition) is 0. The molecule has 3 heteroatoms. The van der Waals surface area contributed by atoms with E-state index >= 15 is 0 Å². The summed E-state index contributed by atoms with van der Waals surface area (Å²) in [7, 11) is 1.61. The van der Waals surface area contributed by atoms with Crippen LogP contribution in [0.25, 0.3) is 6.08 Å². The molecule has 1 rings (SSSR count). The van der Waals surface area contributed by atoms with Crippen LogP contribution in [0.4, 0.5) is 0 Å². The van der Waals surface area contributed by atoms with Gasteiger partial charge in [-0.15, -0.1) is 0 Å². The summed E-state index contributed by atoms with van der Waals surface area (Å²) < 4.78 is 5.09. The van der Waals surface area contributed by atoms with Crippen LogP contribution in [-0.2, 0) is 0 Å². The van der Waals surface area contributed by atoms with E-state index < -0.39 is 0 Å². The number of methoxy groups -OCH3 is 1. The summed E-state index contributed by atoms with van der Waals surface area (Å²) >= 11 is 9.36. The third-order valence-corrected chi connectivity index (χ3v) is 2.38. The fourth-order valence-electron chi connectivity index (χ4n) is 0.986. The Morgan fingerprint density at radius 3 is 2.92 bits per heavy atom. The Morgan fingerprint density at radius 1 is 1.54 bits per heavy atom. The average Bonchev–Trinajstić information content (AvgIpc) is 2.16. The maximum absolute atomic E-state index is 6.05. The lowest BCUT2D eigenvalue weighted by atomic mass is 10.2. The quantitative estimate of drug-likeness (QED) is 0.753. The second-order valence-corrected chi connectivity index (χ2v) is 3.45. The Labute approximate surface area is 91.5 Å². The smallest absolute Gasteiger partial charge is 0.138 e. The Bertz CT molecular complexity index is 310. The van der Waals surface area contributed by atoms with Gasteiger partial charge in [-0.1, -0.05) is 51.8 Å². The molecule has 0 spiro atoms. The molecular formula is C10H10BrClO. The number of allylic oxidation sites excluding steroid dienone is 1. The second kappa shape index (κ2) is 5.30. The predicted octanol–water partition coefficient (Wildman–Crippen LogP) is 3.76. The molecule has 0 aromatic heterocycles. The maximum Gasteiger partial charge on any atom is 0.138 e. The Morgan fingerprint density at radius 2 is 2.31 bits per heavy atom. The van der Waals surface area contributed by atoms with E-state index in [1.54, 1.807) is 7.11 Å². The summed E-state index contributed by atoms with van der Waals surface area (Å²) in [4.78, 5) is 0. The summed E-state index contributed by atoms with van der Waals surface area (Å²) in [5.41, 5.74) is 0.973. The minimum atomic E-state index is 0.655. The molecule has 70 valence electrons. The molecule has 0 saturated heterocycles. The van der Waals surface area contributed by atoms with Gasteiger partial charge in [0, 0.05) is 5.33 Å². The molecular weight excluding hydrogens is 251 g/mol. The van der Waals surface area contributed by atoms with Crippen LogP contribution in [-0.4, -0.2) is 12.4 Å². The molecule has 1 aromatic rings. The van der Waals surface area contributed by atoms with Crippen LogP contribution >= 0.6 is 27.5 Å². The van der Waals surface area contributed by atoms with Crippen molar-refractivity contribution in [1.29, 1.82) is 0 Å². The SMILES string of the molecule is COc1cccc(C=CCBr)c1Cl. The van der Waals surface area contributed by atoms with Gasteiger partial charge in [-0.2, -0.15) is 0 Å². The predicted molar refractivity (Wildman–Crippen MR) is 60.8 cm³/mol. The zero-order chi connectivity index (χ0) is 9.68. The highest BCUT2D eigenvalue weighted by molar-refractivity contribution is 9.09. The molecule has 0 amide bonds. The van der Waals surface area contributed by atoms with Crippen molar-refractivity contribution in [3.8, 4) is 5.75 Å². The average molecular weight is 262 g/mol. The highest BCUT2D eigenvalue weighted by atomic mass is 79.9. The van der Waals surface area contributed by atoms with E-state index in [1.807, 2.05) is 30.4 Å². The first-order valence-corrected chi connectivity index (χ1v) is 5.34. The minimum Gasteiger partial charge on any atom is -0.495 e. The van der Waals surface area contributed by atoms with E-state index in [9.17, 15) is 0 Å². The number of hydrogen-bond acceptors (Lipinski definition) is 1. The van der Waals surface area contributed by atoms with Gasteiger partial charge in [-0.3, -0.25) is 0 Å². The molecule has 0 bridgehead atoms. The zero-order valence-corrected chi connectivity index (χ0v) is 9.60. The third kappa shape index (κ3) is 2.75. The van der Waals surface area contributed by atoms with Crippen molar-refractivity contribution in [2.75, 3.05) is 12.4 Å². The molecule has 0 aliphatic heterocycles. The fourth-order valence-corrected chi connectivity index (χ4v) is 1.44. The number of halogens is 2. The van der Waals surface area contributed by atoms with Gasteiger partial charge < -0.3 is 4.74 Å². The van der Waals surface area contributed by atoms with Crippen molar-refractivity contribution >= 4 is 33.6 Å². The van der Waals surface area contributed by atoms with Gasteiger partial charge in [0.25, 0.3) is 0 Å². The van der Waals surface area contributed by atoms with Gasteiger partial charge >= 0.3 is 0 Å². The summed E-state index contributed by atoms with van der Waals surface area (Å²) in [6, 6.07) is 5.70. The van der Waals surface area contributed by atoms with Crippen LogP contribution in [0.1, 0.15) is 5.56 Å². The van der Waals surface area contributed by atoms with Crippen molar-refractivity contribution in [3.05, 3.63) is 34.9 Å². The molecule has 0 unspecified atom stereocenters. The van der Waals surface area contributed by atoms with Crippen LogP contribution < -0.4 is 4.74 Å². The van der Waals surface area contributed by atoms with Crippen molar-refractivity contribution in [3.63, 3.8) is 0 Å². The first kappa shape index (κ1) is 10.6. The van der Waals surface area contributed by atoms with E-state index in [4.69, 9.17) is 16.3 Å². The van der Waals surface area contributed by atoms with Crippen molar-refractivity contribution in [1.82, 2.24) is 0 Å². The fraction of sp³-hybridized carbons (Fsp3) is 0.200. The Kier molecular flexibility index (Phi) is 4.33. The normalized spacial score (nSPS) is 10.7. The molecule has 0 saturated carbocycles. The Balaban J connectivity index is 3.01.